The lowest BCUT2D eigenvalue weighted by Gasteiger charge is -2.11. The topological polar surface area (TPSA) is 20.2 Å². The van der Waals surface area contributed by atoms with E-state index in [4.69, 9.17) is 0 Å². The monoisotopic (exact) mass is 286 g/mol. The standard InChI is InChI=1S/C11H8BrFOS/c12-10-2-1-8(13)5-9(10)11(14)7-3-4-15-6-7/h1-6,11,14H. The summed E-state index contributed by atoms with van der Waals surface area (Å²) in [6.07, 6.45) is -0.777. The number of aliphatic hydroxyl groups excluding tert-OH is 1. The second-order valence-corrected chi connectivity index (χ2v) is 4.76. The third-order valence-corrected chi connectivity index (χ3v) is 3.54. The molecule has 0 bridgehead atoms. The smallest absolute Gasteiger partial charge is 0.123 e. The first-order valence-corrected chi connectivity index (χ1v) is 6.07. The molecule has 15 heavy (non-hydrogen) atoms. The molecule has 0 fully saturated rings. The normalized spacial score (nSPS) is 12.7. The van der Waals surface area contributed by atoms with Gasteiger partial charge in [-0.2, -0.15) is 11.3 Å². The molecule has 0 saturated carbocycles. The van der Waals surface area contributed by atoms with Gasteiger partial charge in [-0.1, -0.05) is 15.9 Å². The van der Waals surface area contributed by atoms with Crippen molar-refractivity contribution < 1.29 is 9.50 Å². The molecule has 1 atom stereocenters. The highest BCUT2D eigenvalue weighted by Gasteiger charge is 2.14. The van der Waals surface area contributed by atoms with Crippen LogP contribution in [0.15, 0.2) is 39.5 Å². The van der Waals surface area contributed by atoms with Crippen LogP contribution in [0, 0.1) is 5.82 Å². The Hall–Kier alpha value is -0.710. The van der Waals surface area contributed by atoms with Gasteiger partial charge in [0.25, 0.3) is 0 Å². The van der Waals surface area contributed by atoms with Gasteiger partial charge in [-0.3, -0.25) is 0 Å². The van der Waals surface area contributed by atoms with Crippen molar-refractivity contribution >= 4 is 27.3 Å². The van der Waals surface area contributed by atoms with Crippen LogP contribution >= 0.6 is 27.3 Å². The maximum absolute atomic E-state index is 13.0. The number of halogens is 2. The third-order valence-electron chi connectivity index (χ3n) is 2.11. The summed E-state index contributed by atoms with van der Waals surface area (Å²) in [5.74, 6) is -0.345. The van der Waals surface area contributed by atoms with E-state index in [1.54, 1.807) is 6.07 Å². The van der Waals surface area contributed by atoms with Crippen LogP contribution in [0.5, 0.6) is 0 Å². The van der Waals surface area contributed by atoms with Crippen LogP contribution in [0.2, 0.25) is 0 Å². The number of hydrogen-bond donors (Lipinski definition) is 1. The molecule has 2 aromatic rings. The Kier molecular flexibility index (Phi) is 3.19. The highest BCUT2D eigenvalue weighted by atomic mass is 79.9. The van der Waals surface area contributed by atoms with E-state index >= 15 is 0 Å². The quantitative estimate of drug-likeness (QED) is 0.892. The third kappa shape index (κ3) is 2.27. The van der Waals surface area contributed by atoms with Crippen molar-refractivity contribution in [2.45, 2.75) is 6.10 Å². The summed E-state index contributed by atoms with van der Waals surface area (Å²) in [4.78, 5) is 0. The largest absolute Gasteiger partial charge is 0.384 e. The van der Waals surface area contributed by atoms with E-state index in [9.17, 15) is 9.50 Å². The Morgan fingerprint density at radius 2 is 2.13 bits per heavy atom. The lowest BCUT2D eigenvalue weighted by atomic mass is 10.0. The van der Waals surface area contributed by atoms with Crippen LogP contribution in [-0.2, 0) is 0 Å². The summed E-state index contributed by atoms with van der Waals surface area (Å²) in [5.41, 5.74) is 1.33. The fourth-order valence-electron chi connectivity index (χ4n) is 1.33. The maximum atomic E-state index is 13.0. The molecule has 0 radical (unpaired) electrons. The first-order valence-electron chi connectivity index (χ1n) is 4.33. The Morgan fingerprint density at radius 1 is 1.33 bits per heavy atom. The molecule has 1 aromatic heterocycles. The molecule has 0 aliphatic heterocycles. The molecular weight excluding hydrogens is 279 g/mol. The number of rotatable bonds is 2. The average Bonchev–Trinajstić information content (AvgIpc) is 2.74. The minimum atomic E-state index is -0.777. The first-order chi connectivity index (χ1) is 7.18. The predicted octanol–water partition coefficient (Wildman–Crippen LogP) is 3.73. The molecule has 1 nitrogen and oxygen atoms in total. The SMILES string of the molecule is OC(c1ccsc1)c1cc(F)ccc1Br. The van der Waals surface area contributed by atoms with Crippen LogP contribution in [0.4, 0.5) is 4.39 Å². The summed E-state index contributed by atoms with van der Waals surface area (Å²) in [6, 6.07) is 6.12. The number of thiophene rings is 1. The van der Waals surface area contributed by atoms with E-state index in [0.29, 0.717) is 10.0 Å². The highest BCUT2D eigenvalue weighted by Crippen LogP contribution is 2.30. The molecule has 0 saturated heterocycles. The van der Waals surface area contributed by atoms with E-state index in [1.807, 2.05) is 16.8 Å². The van der Waals surface area contributed by atoms with Crippen molar-refractivity contribution in [3.63, 3.8) is 0 Å². The minimum absolute atomic E-state index is 0.345. The predicted molar refractivity (Wildman–Crippen MR) is 62.5 cm³/mol. The Bertz CT molecular complexity index is 456. The van der Waals surface area contributed by atoms with Gasteiger partial charge in [0.2, 0.25) is 0 Å². The van der Waals surface area contributed by atoms with Gasteiger partial charge < -0.3 is 5.11 Å². The lowest BCUT2D eigenvalue weighted by molar-refractivity contribution is 0.219. The number of hydrogen-bond acceptors (Lipinski definition) is 2. The molecule has 4 heteroatoms. The number of benzene rings is 1. The molecule has 0 amide bonds. The average molecular weight is 287 g/mol. The molecule has 2 rings (SSSR count). The van der Waals surface area contributed by atoms with E-state index in [-0.39, 0.29) is 5.82 Å². The zero-order valence-corrected chi connectivity index (χ0v) is 10.1. The molecule has 0 spiro atoms. The van der Waals surface area contributed by atoms with E-state index < -0.39 is 6.10 Å². The molecule has 1 heterocycles. The second-order valence-electron chi connectivity index (χ2n) is 3.13. The summed E-state index contributed by atoms with van der Waals surface area (Å²) in [5, 5.41) is 13.7. The van der Waals surface area contributed by atoms with Gasteiger partial charge in [0.1, 0.15) is 11.9 Å². The molecule has 1 aromatic carbocycles. The van der Waals surface area contributed by atoms with Gasteiger partial charge in [-0.05, 0) is 40.6 Å². The van der Waals surface area contributed by atoms with Crippen LogP contribution in [0.1, 0.15) is 17.2 Å². The zero-order chi connectivity index (χ0) is 10.8. The van der Waals surface area contributed by atoms with Crippen LogP contribution < -0.4 is 0 Å². The van der Waals surface area contributed by atoms with E-state index in [0.717, 1.165) is 5.56 Å². The van der Waals surface area contributed by atoms with Crippen molar-refractivity contribution in [2.75, 3.05) is 0 Å². The molecule has 0 aliphatic carbocycles. The van der Waals surface area contributed by atoms with Gasteiger partial charge in [-0.25, -0.2) is 4.39 Å². The van der Waals surface area contributed by atoms with Gasteiger partial charge in [0, 0.05) is 10.0 Å². The van der Waals surface area contributed by atoms with E-state index in [1.165, 1.54) is 23.5 Å². The van der Waals surface area contributed by atoms with Gasteiger partial charge in [0.05, 0.1) is 0 Å². The summed E-state index contributed by atoms with van der Waals surface area (Å²) in [7, 11) is 0. The summed E-state index contributed by atoms with van der Waals surface area (Å²) in [6.45, 7) is 0. The minimum Gasteiger partial charge on any atom is -0.384 e. The zero-order valence-electron chi connectivity index (χ0n) is 7.65. The molecule has 0 aliphatic rings. The highest BCUT2D eigenvalue weighted by molar-refractivity contribution is 9.10. The Morgan fingerprint density at radius 3 is 2.80 bits per heavy atom. The first kappa shape index (κ1) is 10.8. The Labute approximate surface area is 99.3 Å². The van der Waals surface area contributed by atoms with Crippen molar-refractivity contribution in [3.8, 4) is 0 Å². The molecule has 1 N–H and O–H groups in total. The fraction of sp³-hybridized carbons (Fsp3) is 0.0909. The van der Waals surface area contributed by atoms with Crippen molar-refractivity contribution in [1.29, 1.82) is 0 Å². The second kappa shape index (κ2) is 4.43. The van der Waals surface area contributed by atoms with Crippen molar-refractivity contribution in [1.82, 2.24) is 0 Å². The van der Waals surface area contributed by atoms with Gasteiger partial charge >= 0.3 is 0 Å². The number of aliphatic hydroxyl groups is 1. The van der Waals surface area contributed by atoms with Crippen LogP contribution in [-0.4, -0.2) is 5.11 Å². The van der Waals surface area contributed by atoms with Crippen molar-refractivity contribution in [3.05, 3.63) is 56.4 Å². The van der Waals surface area contributed by atoms with E-state index in [2.05, 4.69) is 15.9 Å². The van der Waals surface area contributed by atoms with Crippen molar-refractivity contribution in [2.24, 2.45) is 0 Å². The maximum Gasteiger partial charge on any atom is 0.123 e. The summed E-state index contributed by atoms with van der Waals surface area (Å²) >= 11 is 4.80. The van der Waals surface area contributed by atoms with Crippen LogP contribution in [0.3, 0.4) is 0 Å². The summed E-state index contributed by atoms with van der Waals surface area (Å²) < 4.78 is 13.7. The van der Waals surface area contributed by atoms with Gasteiger partial charge in [-0.15, -0.1) is 0 Å². The van der Waals surface area contributed by atoms with Gasteiger partial charge in [0.15, 0.2) is 0 Å². The fourth-order valence-corrected chi connectivity index (χ4v) is 2.48. The lowest BCUT2D eigenvalue weighted by Crippen LogP contribution is -1.99. The molecule has 1 unspecified atom stereocenters. The van der Waals surface area contributed by atoms with Crippen LogP contribution in [0.25, 0.3) is 0 Å². The Balaban J connectivity index is 2.41. The molecule has 78 valence electrons. The molecular formula is C11H8BrFOS.